The monoisotopic (exact) mass is 284 g/mol. The average Bonchev–Trinajstić information content (AvgIpc) is 2.89. The zero-order valence-electron chi connectivity index (χ0n) is 14.7. The number of hydrogen-bond acceptors (Lipinski definition) is 0. The predicted octanol–water partition coefficient (Wildman–Crippen LogP) is 7.12. The molecule has 0 aromatic heterocycles. The van der Waals surface area contributed by atoms with E-state index in [9.17, 15) is 0 Å². The van der Waals surface area contributed by atoms with Crippen molar-refractivity contribution in [3.8, 4) is 11.1 Å². The van der Waals surface area contributed by atoms with Crippen LogP contribution in [0.15, 0.2) is 48.5 Å². The van der Waals surface area contributed by atoms with Crippen LogP contribution in [0.25, 0.3) is 11.1 Å². The summed E-state index contributed by atoms with van der Waals surface area (Å²) in [7, 11) is 0. The van der Waals surface area contributed by atoms with E-state index in [1.54, 1.807) is 0 Å². The maximum Gasteiger partial charge on any atom is -0.00135 e. The topological polar surface area (TPSA) is 0 Å². The molecular formula is C21H32. The first-order valence-electron chi connectivity index (χ1n) is 8.44. The molecule has 0 nitrogen and oxygen atoms in total. The Morgan fingerprint density at radius 3 is 1.24 bits per heavy atom. The summed E-state index contributed by atoms with van der Waals surface area (Å²) in [5.74, 6) is 0. The van der Waals surface area contributed by atoms with Crippen LogP contribution >= 0.6 is 0 Å². The van der Waals surface area contributed by atoms with Crippen LogP contribution in [0.3, 0.4) is 0 Å². The van der Waals surface area contributed by atoms with Crippen LogP contribution in [0.5, 0.6) is 0 Å². The Morgan fingerprint density at radius 2 is 0.905 bits per heavy atom. The van der Waals surface area contributed by atoms with Crippen molar-refractivity contribution in [2.24, 2.45) is 0 Å². The highest BCUT2D eigenvalue weighted by atomic mass is 14.2. The fraction of sp³-hybridized carbons (Fsp3) is 0.429. The molecule has 1 aliphatic carbocycles. The molecule has 0 spiro atoms. The minimum Gasteiger partial charge on any atom is -0.0683 e. The molecule has 0 heteroatoms. The Labute approximate surface area is 132 Å². The predicted molar refractivity (Wildman–Crippen MR) is 98.0 cm³/mol. The van der Waals surface area contributed by atoms with Crippen molar-refractivity contribution in [2.45, 2.75) is 60.8 Å². The van der Waals surface area contributed by atoms with E-state index >= 15 is 0 Å². The third-order valence-corrected chi connectivity index (χ3v) is 2.71. The minimum absolute atomic E-state index is 1.10. The van der Waals surface area contributed by atoms with Gasteiger partial charge in [0, 0.05) is 0 Å². The van der Waals surface area contributed by atoms with Crippen molar-refractivity contribution < 1.29 is 0 Å². The highest BCUT2D eigenvalue weighted by molar-refractivity contribution is 5.76. The largest absolute Gasteiger partial charge is 0.0683 e. The lowest BCUT2D eigenvalue weighted by molar-refractivity contribution is 1.09. The molecule has 0 atom stereocenters. The Kier molecular flexibility index (Phi) is 11.3. The molecule has 3 rings (SSSR count). The number of hydrogen-bond donors (Lipinski definition) is 0. The minimum atomic E-state index is 1.10. The van der Waals surface area contributed by atoms with Gasteiger partial charge in [0.05, 0.1) is 0 Å². The van der Waals surface area contributed by atoms with Gasteiger partial charge in [-0.15, -0.1) is 0 Å². The molecule has 0 N–H and O–H groups in total. The maximum absolute atomic E-state index is 2.22. The van der Waals surface area contributed by atoms with Crippen molar-refractivity contribution in [1.29, 1.82) is 0 Å². The number of rotatable bonds is 0. The maximum atomic E-state index is 2.22. The van der Waals surface area contributed by atoms with Crippen molar-refractivity contribution in [2.75, 3.05) is 0 Å². The molecular weight excluding hydrogens is 252 g/mol. The van der Waals surface area contributed by atoms with Gasteiger partial charge in [-0.2, -0.15) is 0 Å². The van der Waals surface area contributed by atoms with Gasteiger partial charge in [-0.1, -0.05) is 103 Å². The van der Waals surface area contributed by atoms with Crippen LogP contribution in [0.4, 0.5) is 0 Å². The van der Waals surface area contributed by atoms with E-state index in [0.29, 0.717) is 0 Å². The summed E-state index contributed by atoms with van der Waals surface area (Å²) >= 11 is 0. The van der Waals surface area contributed by atoms with Crippen LogP contribution in [0, 0.1) is 0 Å². The second-order valence-corrected chi connectivity index (χ2v) is 4.91. The van der Waals surface area contributed by atoms with Gasteiger partial charge in [0.15, 0.2) is 0 Å². The van der Waals surface area contributed by atoms with Gasteiger partial charge in [0.1, 0.15) is 0 Å². The summed E-state index contributed by atoms with van der Waals surface area (Å²) < 4.78 is 0. The molecule has 0 heterocycles. The molecule has 2 aromatic carbocycles. The molecule has 116 valence electrons. The van der Waals surface area contributed by atoms with Gasteiger partial charge in [-0.25, -0.2) is 0 Å². The molecule has 0 saturated carbocycles. The second-order valence-electron chi connectivity index (χ2n) is 4.91. The number of fused-ring (bicyclic) bond motifs is 3. The SMILES string of the molecule is CC.CCC.CCC.c1ccc2c(c1)Cc1ccccc1-2. The van der Waals surface area contributed by atoms with Crippen LogP contribution in [-0.4, -0.2) is 0 Å². The van der Waals surface area contributed by atoms with E-state index in [1.807, 2.05) is 13.8 Å². The number of benzene rings is 2. The lowest BCUT2D eigenvalue weighted by Gasteiger charge is -1.98. The van der Waals surface area contributed by atoms with Gasteiger partial charge in [-0.05, 0) is 28.7 Å². The molecule has 0 aliphatic heterocycles. The van der Waals surface area contributed by atoms with Gasteiger partial charge >= 0.3 is 0 Å². The summed E-state index contributed by atoms with van der Waals surface area (Å²) in [5.41, 5.74) is 5.75. The van der Waals surface area contributed by atoms with Gasteiger partial charge in [0.25, 0.3) is 0 Å². The third kappa shape index (κ3) is 6.16. The lowest BCUT2D eigenvalue weighted by Crippen LogP contribution is -1.77. The molecule has 0 amide bonds. The molecule has 1 aliphatic rings. The van der Waals surface area contributed by atoms with Crippen molar-refractivity contribution >= 4 is 0 Å². The van der Waals surface area contributed by atoms with Gasteiger partial charge in [0.2, 0.25) is 0 Å². The van der Waals surface area contributed by atoms with Gasteiger partial charge in [-0.3, -0.25) is 0 Å². The Hall–Kier alpha value is -1.56. The first-order chi connectivity index (χ1) is 10.3. The summed E-state index contributed by atoms with van der Waals surface area (Å²) in [4.78, 5) is 0. The third-order valence-electron chi connectivity index (χ3n) is 2.71. The lowest BCUT2D eigenvalue weighted by atomic mass is 10.1. The fourth-order valence-corrected chi connectivity index (χ4v) is 2.08. The van der Waals surface area contributed by atoms with Crippen molar-refractivity contribution in [1.82, 2.24) is 0 Å². The Balaban J connectivity index is 0.000000430. The highest BCUT2D eigenvalue weighted by Crippen LogP contribution is 2.35. The highest BCUT2D eigenvalue weighted by Gasteiger charge is 2.15. The Morgan fingerprint density at radius 1 is 0.619 bits per heavy atom. The molecule has 2 aromatic rings. The van der Waals surface area contributed by atoms with Gasteiger partial charge < -0.3 is 0 Å². The summed E-state index contributed by atoms with van der Waals surface area (Å²) in [6, 6.07) is 17.3. The molecule has 0 fully saturated rings. The fourth-order valence-electron chi connectivity index (χ4n) is 2.08. The average molecular weight is 284 g/mol. The van der Waals surface area contributed by atoms with Crippen molar-refractivity contribution in [3.05, 3.63) is 59.7 Å². The van der Waals surface area contributed by atoms with Crippen LogP contribution in [0.2, 0.25) is 0 Å². The van der Waals surface area contributed by atoms with E-state index < -0.39 is 0 Å². The van der Waals surface area contributed by atoms with E-state index in [2.05, 4.69) is 76.2 Å². The summed E-state index contributed by atoms with van der Waals surface area (Å²) in [5, 5.41) is 0. The molecule has 0 saturated heterocycles. The van der Waals surface area contributed by atoms with Crippen molar-refractivity contribution in [3.63, 3.8) is 0 Å². The standard InChI is InChI=1S/C13H10.2C3H8.C2H6/c1-3-7-12-10(5-1)9-11-6-2-4-8-13(11)12;2*1-3-2;1-2/h1-8H,9H2;2*3H2,1-2H3;1-2H3. The summed E-state index contributed by atoms with van der Waals surface area (Å²) in [6.45, 7) is 12.5. The van der Waals surface area contributed by atoms with E-state index in [-0.39, 0.29) is 0 Å². The van der Waals surface area contributed by atoms with Crippen LogP contribution in [0.1, 0.15) is 65.5 Å². The smallest absolute Gasteiger partial charge is 0.00135 e. The Bertz CT molecular complexity index is 437. The zero-order valence-corrected chi connectivity index (χ0v) is 14.7. The summed E-state index contributed by atoms with van der Waals surface area (Å²) in [6.07, 6.45) is 3.60. The van der Waals surface area contributed by atoms with E-state index in [4.69, 9.17) is 0 Å². The first kappa shape index (κ1) is 19.4. The van der Waals surface area contributed by atoms with E-state index in [1.165, 1.54) is 35.1 Å². The molecule has 21 heavy (non-hydrogen) atoms. The molecule has 0 bridgehead atoms. The van der Waals surface area contributed by atoms with Crippen LogP contribution in [-0.2, 0) is 6.42 Å². The molecule has 0 unspecified atom stereocenters. The second kappa shape index (κ2) is 12.2. The molecule has 0 radical (unpaired) electrons. The quantitative estimate of drug-likeness (QED) is 0.412. The first-order valence-corrected chi connectivity index (χ1v) is 8.44. The zero-order chi connectivity index (χ0) is 16.1. The normalized spacial score (nSPS) is 9.62. The van der Waals surface area contributed by atoms with E-state index in [0.717, 1.165) is 6.42 Å². The van der Waals surface area contributed by atoms with Crippen LogP contribution < -0.4 is 0 Å².